The van der Waals surface area contributed by atoms with Crippen molar-refractivity contribution in [3.63, 3.8) is 0 Å². The lowest BCUT2D eigenvalue weighted by Crippen LogP contribution is -2.32. The van der Waals surface area contributed by atoms with Crippen molar-refractivity contribution in [3.05, 3.63) is 33.3 Å². The molecule has 0 aliphatic carbocycles. The van der Waals surface area contributed by atoms with Gasteiger partial charge in [0.25, 0.3) is 0 Å². The summed E-state index contributed by atoms with van der Waals surface area (Å²) in [7, 11) is 0. The maximum atomic E-state index is 11.0. The number of halogens is 1. The van der Waals surface area contributed by atoms with Crippen LogP contribution in [-0.2, 0) is 0 Å². The summed E-state index contributed by atoms with van der Waals surface area (Å²) in [5.41, 5.74) is 0.661. The third-order valence-electron chi connectivity index (χ3n) is 2.50. The molecule has 0 bridgehead atoms. The van der Waals surface area contributed by atoms with E-state index >= 15 is 0 Å². The van der Waals surface area contributed by atoms with Crippen LogP contribution < -0.4 is 4.90 Å². The standard InChI is InChI=1S/C10H11ClN2O2S/c11-8-2-1-3-9(10(8)13(14)15)12-4-6-16-7-5-12/h1-3H,4-7H2. The van der Waals surface area contributed by atoms with Gasteiger partial charge in [0.15, 0.2) is 0 Å². The van der Waals surface area contributed by atoms with Crippen molar-refractivity contribution in [3.8, 4) is 0 Å². The number of para-hydroxylation sites is 1. The third kappa shape index (κ3) is 2.25. The summed E-state index contributed by atoms with van der Waals surface area (Å²) in [6, 6.07) is 5.08. The number of hydrogen-bond acceptors (Lipinski definition) is 4. The van der Waals surface area contributed by atoms with Crippen LogP contribution in [-0.4, -0.2) is 29.5 Å². The zero-order chi connectivity index (χ0) is 11.5. The van der Waals surface area contributed by atoms with Gasteiger partial charge in [0.1, 0.15) is 10.7 Å². The first-order valence-corrected chi connectivity index (χ1v) is 6.49. The predicted molar refractivity (Wildman–Crippen MR) is 67.6 cm³/mol. The van der Waals surface area contributed by atoms with Gasteiger partial charge >= 0.3 is 5.69 Å². The molecule has 0 radical (unpaired) electrons. The molecule has 4 nitrogen and oxygen atoms in total. The van der Waals surface area contributed by atoms with E-state index in [1.807, 2.05) is 16.7 Å². The molecule has 0 N–H and O–H groups in total. The van der Waals surface area contributed by atoms with Crippen molar-refractivity contribution in [1.82, 2.24) is 0 Å². The second-order valence-electron chi connectivity index (χ2n) is 3.46. The molecule has 6 heteroatoms. The number of thioether (sulfide) groups is 1. The summed E-state index contributed by atoms with van der Waals surface area (Å²) in [5, 5.41) is 11.2. The number of benzene rings is 1. The van der Waals surface area contributed by atoms with Crippen LogP contribution in [0.15, 0.2) is 18.2 Å². The Morgan fingerprint density at radius 1 is 1.38 bits per heavy atom. The van der Waals surface area contributed by atoms with E-state index in [1.165, 1.54) is 0 Å². The van der Waals surface area contributed by atoms with E-state index in [4.69, 9.17) is 11.6 Å². The number of nitro groups is 1. The Bertz CT molecular complexity index is 408. The molecule has 0 unspecified atom stereocenters. The monoisotopic (exact) mass is 258 g/mol. The van der Waals surface area contributed by atoms with E-state index in [0.717, 1.165) is 24.6 Å². The van der Waals surface area contributed by atoms with Gasteiger partial charge in [-0.1, -0.05) is 17.7 Å². The quantitative estimate of drug-likeness (QED) is 0.605. The molecule has 0 saturated carbocycles. The molecule has 1 fully saturated rings. The minimum Gasteiger partial charge on any atom is -0.364 e. The van der Waals surface area contributed by atoms with E-state index in [-0.39, 0.29) is 10.7 Å². The van der Waals surface area contributed by atoms with Crippen LogP contribution in [0, 0.1) is 10.1 Å². The molecule has 0 spiro atoms. The van der Waals surface area contributed by atoms with Crippen LogP contribution in [0.3, 0.4) is 0 Å². The van der Waals surface area contributed by atoms with Crippen molar-refractivity contribution in [1.29, 1.82) is 0 Å². The molecule has 1 aliphatic heterocycles. The summed E-state index contributed by atoms with van der Waals surface area (Å²) in [6.45, 7) is 1.68. The van der Waals surface area contributed by atoms with E-state index in [1.54, 1.807) is 18.2 Å². The Morgan fingerprint density at radius 3 is 2.69 bits per heavy atom. The second kappa shape index (κ2) is 4.93. The maximum Gasteiger partial charge on any atom is 0.310 e. The van der Waals surface area contributed by atoms with Crippen LogP contribution in [0.25, 0.3) is 0 Å². The smallest absolute Gasteiger partial charge is 0.310 e. The lowest BCUT2D eigenvalue weighted by atomic mass is 10.2. The zero-order valence-corrected chi connectivity index (χ0v) is 10.1. The van der Waals surface area contributed by atoms with Crippen LogP contribution in [0.2, 0.25) is 5.02 Å². The average Bonchev–Trinajstić information content (AvgIpc) is 2.29. The highest BCUT2D eigenvalue weighted by Gasteiger charge is 2.23. The second-order valence-corrected chi connectivity index (χ2v) is 5.10. The SMILES string of the molecule is O=[N+]([O-])c1c(Cl)cccc1N1CCSCC1. The first-order valence-electron chi connectivity index (χ1n) is 4.96. The summed E-state index contributed by atoms with van der Waals surface area (Å²) in [6.07, 6.45) is 0. The molecule has 86 valence electrons. The van der Waals surface area contributed by atoms with E-state index in [0.29, 0.717) is 5.69 Å². The van der Waals surface area contributed by atoms with Crippen LogP contribution in [0.4, 0.5) is 11.4 Å². The van der Waals surface area contributed by atoms with Gasteiger partial charge in [0.2, 0.25) is 0 Å². The number of nitrogens with zero attached hydrogens (tertiary/aromatic N) is 2. The Balaban J connectivity index is 2.38. The Kier molecular flexibility index (Phi) is 3.56. The lowest BCUT2D eigenvalue weighted by Gasteiger charge is -2.28. The van der Waals surface area contributed by atoms with Gasteiger partial charge < -0.3 is 4.90 Å². The number of rotatable bonds is 2. The van der Waals surface area contributed by atoms with Gasteiger partial charge in [0.05, 0.1) is 4.92 Å². The van der Waals surface area contributed by atoms with Gasteiger partial charge in [0, 0.05) is 24.6 Å². The van der Waals surface area contributed by atoms with Crippen molar-refractivity contribution in [2.45, 2.75) is 0 Å². The fourth-order valence-electron chi connectivity index (χ4n) is 1.74. The van der Waals surface area contributed by atoms with E-state index < -0.39 is 4.92 Å². The first kappa shape index (κ1) is 11.5. The molecule has 0 aromatic heterocycles. The minimum atomic E-state index is -0.403. The maximum absolute atomic E-state index is 11.0. The number of hydrogen-bond donors (Lipinski definition) is 0. The molecule has 1 saturated heterocycles. The predicted octanol–water partition coefficient (Wildman–Crippen LogP) is 2.80. The first-order chi connectivity index (χ1) is 7.70. The molecule has 1 heterocycles. The van der Waals surface area contributed by atoms with Gasteiger partial charge in [-0.3, -0.25) is 10.1 Å². The molecule has 16 heavy (non-hydrogen) atoms. The molecular formula is C10H11ClN2O2S. The Labute approximate surface area is 103 Å². The summed E-state index contributed by atoms with van der Waals surface area (Å²) >= 11 is 7.74. The zero-order valence-electron chi connectivity index (χ0n) is 8.56. The summed E-state index contributed by atoms with van der Waals surface area (Å²) < 4.78 is 0. The van der Waals surface area contributed by atoms with Crippen molar-refractivity contribution >= 4 is 34.7 Å². The average molecular weight is 259 g/mol. The van der Waals surface area contributed by atoms with Crippen LogP contribution >= 0.6 is 23.4 Å². The van der Waals surface area contributed by atoms with Crippen LogP contribution in [0.5, 0.6) is 0 Å². The van der Waals surface area contributed by atoms with E-state index in [2.05, 4.69) is 0 Å². The largest absolute Gasteiger partial charge is 0.364 e. The molecule has 0 amide bonds. The third-order valence-corrected chi connectivity index (χ3v) is 3.75. The Hall–Kier alpha value is -0.940. The number of nitro benzene ring substituents is 1. The molecule has 0 atom stereocenters. The van der Waals surface area contributed by atoms with Gasteiger partial charge in [-0.25, -0.2) is 0 Å². The summed E-state index contributed by atoms with van der Waals surface area (Å²) in [4.78, 5) is 12.6. The van der Waals surface area contributed by atoms with Crippen molar-refractivity contribution in [2.75, 3.05) is 29.5 Å². The fourth-order valence-corrected chi connectivity index (χ4v) is 2.89. The van der Waals surface area contributed by atoms with Crippen LogP contribution in [0.1, 0.15) is 0 Å². The molecular weight excluding hydrogens is 248 g/mol. The highest BCUT2D eigenvalue weighted by Crippen LogP contribution is 2.35. The van der Waals surface area contributed by atoms with Gasteiger partial charge in [-0.15, -0.1) is 0 Å². The van der Waals surface area contributed by atoms with Crippen molar-refractivity contribution < 1.29 is 4.92 Å². The minimum absolute atomic E-state index is 0.0241. The molecule has 1 aromatic carbocycles. The normalized spacial score (nSPS) is 16.2. The Morgan fingerprint density at radius 2 is 2.06 bits per heavy atom. The van der Waals surface area contributed by atoms with Gasteiger partial charge in [-0.2, -0.15) is 11.8 Å². The van der Waals surface area contributed by atoms with Gasteiger partial charge in [-0.05, 0) is 12.1 Å². The fraction of sp³-hybridized carbons (Fsp3) is 0.400. The highest BCUT2D eigenvalue weighted by atomic mass is 35.5. The molecule has 1 aromatic rings. The van der Waals surface area contributed by atoms with E-state index in [9.17, 15) is 10.1 Å². The van der Waals surface area contributed by atoms with Crippen molar-refractivity contribution in [2.24, 2.45) is 0 Å². The molecule has 1 aliphatic rings. The summed E-state index contributed by atoms with van der Waals surface area (Å²) in [5.74, 6) is 2.01. The lowest BCUT2D eigenvalue weighted by molar-refractivity contribution is -0.384. The molecule has 2 rings (SSSR count). The highest BCUT2D eigenvalue weighted by molar-refractivity contribution is 7.99. The topological polar surface area (TPSA) is 46.4 Å². The number of anilines is 1.